The normalized spacial score (nSPS) is 10.8. The molecule has 0 aliphatic carbocycles. The van der Waals surface area contributed by atoms with Gasteiger partial charge in [0.1, 0.15) is 0 Å². The summed E-state index contributed by atoms with van der Waals surface area (Å²) in [5, 5.41) is 8.11. The Morgan fingerprint density at radius 3 is 1.85 bits per heavy atom. The fraction of sp³-hybridized carbons (Fsp3) is 0.765. The van der Waals surface area contributed by atoms with Gasteiger partial charge in [0.05, 0.1) is 0 Å². The standard InChI is InChI=1S/C4H3N2.2C4H9.C3H7.C2H6.Sn/c1-2-4-6-5-3-1;2*1-3-4-2;1-3-2;1-2;/h1,3-4H;2*1,3-4H2,2H3;1,3H2,2H3;1-2H3;. The van der Waals surface area contributed by atoms with E-state index >= 15 is 0 Å². The van der Waals surface area contributed by atoms with Crippen molar-refractivity contribution in [3.8, 4) is 0 Å². The summed E-state index contributed by atoms with van der Waals surface area (Å²) in [6.45, 7) is 11.0. The Morgan fingerprint density at radius 2 is 1.45 bits per heavy atom. The van der Waals surface area contributed by atoms with Crippen LogP contribution in [0.2, 0.25) is 13.3 Å². The minimum absolute atomic E-state index is 1.33. The third-order valence-corrected chi connectivity index (χ3v) is 19.9. The first-order valence-corrected chi connectivity index (χ1v) is 16.0. The molecule has 1 aromatic rings. The summed E-state index contributed by atoms with van der Waals surface area (Å²) in [6, 6.07) is 2.27. The number of unbranched alkanes of at least 4 members (excludes halogenated alkanes) is 2. The Balaban J connectivity index is 0.00000172. The Kier molecular flexibility index (Phi) is 12.5. The van der Waals surface area contributed by atoms with Crippen LogP contribution < -0.4 is 3.58 Å². The maximum absolute atomic E-state index is 4.15. The summed E-state index contributed by atoms with van der Waals surface area (Å²) in [5.74, 6) is 0. The van der Waals surface area contributed by atoms with Gasteiger partial charge in [0, 0.05) is 0 Å². The number of hydrogen-bond acceptors (Lipinski definition) is 2. The van der Waals surface area contributed by atoms with E-state index in [0.29, 0.717) is 0 Å². The number of hydrogen-bond donors (Lipinski definition) is 0. The van der Waals surface area contributed by atoms with E-state index < -0.39 is 18.4 Å². The van der Waals surface area contributed by atoms with E-state index in [1.54, 1.807) is 3.58 Å². The fourth-order valence-corrected chi connectivity index (χ4v) is 18.3. The first kappa shape index (κ1) is 19.9. The molecule has 0 N–H and O–H groups in total. The molecule has 0 saturated carbocycles. The van der Waals surface area contributed by atoms with E-state index in [4.69, 9.17) is 0 Å². The average Bonchev–Trinajstić information content (AvgIpc) is 2.53. The van der Waals surface area contributed by atoms with Gasteiger partial charge in [-0.25, -0.2) is 0 Å². The molecule has 1 heterocycles. The molecule has 1 rings (SSSR count). The SMILES string of the molecule is CC.CCC[CH2][Sn]([CH2]CC)([CH2]CCC)[c]1ccnnc1. The Labute approximate surface area is 130 Å². The van der Waals surface area contributed by atoms with Crippen LogP contribution in [-0.2, 0) is 0 Å². The van der Waals surface area contributed by atoms with Crippen molar-refractivity contribution in [3.63, 3.8) is 0 Å². The Bertz CT molecular complexity index is 306. The molecule has 20 heavy (non-hydrogen) atoms. The maximum atomic E-state index is 4.15. The zero-order chi connectivity index (χ0) is 15.3. The second-order valence-corrected chi connectivity index (χ2v) is 18.6. The van der Waals surface area contributed by atoms with Crippen LogP contribution in [0, 0.1) is 0 Å². The summed E-state index contributed by atoms with van der Waals surface area (Å²) in [7, 11) is 0. The molecule has 0 amide bonds. The van der Waals surface area contributed by atoms with Crippen LogP contribution in [0.25, 0.3) is 0 Å². The average molecular weight is 385 g/mol. The third kappa shape index (κ3) is 6.55. The van der Waals surface area contributed by atoms with Gasteiger partial charge in [-0.1, -0.05) is 13.8 Å². The fourth-order valence-electron chi connectivity index (χ4n) is 2.92. The molecule has 116 valence electrons. The zero-order valence-electron chi connectivity index (χ0n) is 14.3. The van der Waals surface area contributed by atoms with Crippen molar-refractivity contribution in [1.82, 2.24) is 10.2 Å². The van der Waals surface area contributed by atoms with Crippen molar-refractivity contribution in [2.24, 2.45) is 0 Å². The van der Waals surface area contributed by atoms with Crippen LogP contribution in [0.15, 0.2) is 18.5 Å². The van der Waals surface area contributed by atoms with Gasteiger partial charge < -0.3 is 0 Å². The number of nitrogens with zero attached hydrogens (tertiary/aromatic N) is 2. The summed E-state index contributed by atoms with van der Waals surface area (Å²) in [4.78, 5) is 0. The summed E-state index contributed by atoms with van der Waals surface area (Å²) in [6.07, 6.45) is 10.8. The van der Waals surface area contributed by atoms with Crippen LogP contribution in [-0.4, -0.2) is 28.6 Å². The van der Waals surface area contributed by atoms with Crippen molar-refractivity contribution in [1.29, 1.82) is 0 Å². The molecule has 3 heteroatoms. The van der Waals surface area contributed by atoms with Gasteiger partial charge in [-0.3, -0.25) is 0 Å². The topological polar surface area (TPSA) is 25.8 Å². The van der Waals surface area contributed by atoms with Gasteiger partial charge >= 0.3 is 117 Å². The molecule has 0 atom stereocenters. The zero-order valence-corrected chi connectivity index (χ0v) is 17.1. The molecule has 0 radical (unpaired) electrons. The molecular formula is C17H34N2Sn. The first-order chi connectivity index (χ1) is 9.79. The third-order valence-electron chi connectivity index (χ3n) is 3.94. The quantitative estimate of drug-likeness (QED) is 0.549. The summed E-state index contributed by atoms with van der Waals surface area (Å²) in [5.41, 5.74) is 0. The van der Waals surface area contributed by atoms with Crippen LogP contribution >= 0.6 is 0 Å². The van der Waals surface area contributed by atoms with Crippen molar-refractivity contribution in [3.05, 3.63) is 18.5 Å². The van der Waals surface area contributed by atoms with Crippen LogP contribution in [0.3, 0.4) is 0 Å². The van der Waals surface area contributed by atoms with E-state index in [-0.39, 0.29) is 0 Å². The molecule has 2 nitrogen and oxygen atoms in total. The van der Waals surface area contributed by atoms with Crippen LogP contribution in [0.1, 0.15) is 66.7 Å². The second-order valence-electron chi connectivity index (χ2n) is 5.37. The van der Waals surface area contributed by atoms with Gasteiger partial charge in [0.2, 0.25) is 0 Å². The van der Waals surface area contributed by atoms with Gasteiger partial charge in [0.15, 0.2) is 0 Å². The molecule has 0 fully saturated rings. The van der Waals surface area contributed by atoms with Crippen molar-refractivity contribution >= 4 is 22.0 Å². The van der Waals surface area contributed by atoms with Crippen molar-refractivity contribution < 1.29 is 0 Å². The first-order valence-electron chi connectivity index (χ1n) is 8.56. The van der Waals surface area contributed by atoms with E-state index in [1.807, 2.05) is 20.0 Å². The van der Waals surface area contributed by atoms with Gasteiger partial charge in [-0.05, 0) is 0 Å². The predicted octanol–water partition coefficient (Wildman–Crippen LogP) is 5.17. The summed E-state index contributed by atoms with van der Waals surface area (Å²) >= 11 is -2.17. The van der Waals surface area contributed by atoms with Crippen molar-refractivity contribution in [2.45, 2.75) is 80.0 Å². The molecule has 0 aliphatic heterocycles. The minimum atomic E-state index is -2.17. The van der Waals surface area contributed by atoms with Gasteiger partial charge in [-0.2, -0.15) is 0 Å². The number of aromatic nitrogens is 2. The summed E-state index contributed by atoms with van der Waals surface area (Å²) < 4.78 is 6.11. The van der Waals surface area contributed by atoms with Gasteiger partial charge in [-0.15, -0.1) is 0 Å². The Hall–Kier alpha value is -0.121. The molecule has 0 aromatic carbocycles. The van der Waals surface area contributed by atoms with Crippen molar-refractivity contribution in [2.75, 3.05) is 0 Å². The van der Waals surface area contributed by atoms with E-state index in [2.05, 4.69) is 43.2 Å². The van der Waals surface area contributed by atoms with E-state index in [9.17, 15) is 0 Å². The molecule has 0 spiro atoms. The second kappa shape index (κ2) is 12.6. The van der Waals surface area contributed by atoms with Crippen LogP contribution in [0.5, 0.6) is 0 Å². The molecular weight excluding hydrogens is 351 g/mol. The number of rotatable bonds is 9. The molecule has 0 bridgehead atoms. The molecule has 0 unspecified atom stereocenters. The molecule has 0 aliphatic rings. The Morgan fingerprint density at radius 1 is 0.850 bits per heavy atom. The molecule has 0 saturated heterocycles. The van der Waals surface area contributed by atoms with E-state index in [0.717, 1.165) is 0 Å². The van der Waals surface area contributed by atoms with E-state index in [1.165, 1.54) is 45.4 Å². The monoisotopic (exact) mass is 386 g/mol. The van der Waals surface area contributed by atoms with Gasteiger partial charge in [0.25, 0.3) is 0 Å². The predicted molar refractivity (Wildman–Crippen MR) is 93.3 cm³/mol. The van der Waals surface area contributed by atoms with Crippen LogP contribution in [0.4, 0.5) is 0 Å². The molecule has 1 aromatic heterocycles.